The minimum atomic E-state index is -1.55. The maximum atomic E-state index is 13.1. The Labute approximate surface area is 196 Å². The standard InChI is InChI=1S/C23H27N3O8/c1-29-15-11-12-9-10-23(34-6,25-26-24)18-13(16(12)20(31-3)19(15)30-2)7-8-14(21(27)32-4)17(18)22(28)33-5/h7,11,18H,8-10H2,1-6H3/t18-,23-/m0/s1. The first kappa shape index (κ1) is 24.9. The molecule has 0 amide bonds. The second-order valence-corrected chi connectivity index (χ2v) is 7.59. The Morgan fingerprint density at radius 3 is 2.24 bits per heavy atom. The van der Waals surface area contributed by atoms with Crippen LogP contribution in [-0.4, -0.2) is 60.3 Å². The number of esters is 2. The van der Waals surface area contributed by atoms with E-state index >= 15 is 0 Å². The second-order valence-electron chi connectivity index (χ2n) is 7.59. The topological polar surface area (TPSA) is 138 Å². The number of hydrogen-bond donors (Lipinski definition) is 0. The zero-order valence-corrected chi connectivity index (χ0v) is 20.0. The summed E-state index contributed by atoms with van der Waals surface area (Å²) in [6.07, 6.45) is 2.43. The lowest BCUT2D eigenvalue weighted by atomic mass is 9.73. The zero-order chi connectivity index (χ0) is 25.0. The number of allylic oxidation sites excluding steroid dienone is 1. The van der Waals surface area contributed by atoms with Gasteiger partial charge in [-0.05, 0) is 42.0 Å². The number of fused-ring (bicyclic) bond motifs is 3. The van der Waals surface area contributed by atoms with Gasteiger partial charge in [0.2, 0.25) is 5.75 Å². The van der Waals surface area contributed by atoms with Crippen LogP contribution >= 0.6 is 0 Å². The van der Waals surface area contributed by atoms with Crippen LogP contribution in [0.2, 0.25) is 0 Å². The number of methoxy groups -OCH3 is 6. The molecule has 0 saturated carbocycles. The lowest BCUT2D eigenvalue weighted by molar-refractivity contribution is -0.141. The van der Waals surface area contributed by atoms with Crippen LogP contribution in [0.15, 0.2) is 28.4 Å². The van der Waals surface area contributed by atoms with Crippen molar-refractivity contribution >= 4 is 17.5 Å². The summed E-state index contributed by atoms with van der Waals surface area (Å²) in [4.78, 5) is 28.7. The van der Waals surface area contributed by atoms with Gasteiger partial charge in [0.05, 0.1) is 52.6 Å². The Morgan fingerprint density at radius 1 is 1.03 bits per heavy atom. The van der Waals surface area contributed by atoms with Crippen molar-refractivity contribution in [2.24, 2.45) is 11.0 Å². The summed E-state index contributed by atoms with van der Waals surface area (Å²) in [6.45, 7) is 0. The fraction of sp³-hybridized carbons (Fsp3) is 0.478. The van der Waals surface area contributed by atoms with E-state index in [9.17, 15) is 15.1 Å². The van der Waals surface area contributed by atoms with Gasteiger partial charge < -0.3 is 28.4 Å². The molecule has 182 valence electrons. The quantitative estimate of drug-likeness (QED) is 0.254. The fourth-order valence-corrected chi connectivity index (χ4v) is 4.77. The minimum absolute atomic E-state index is 0.00536. The molecule has 0 unspecified atom stereocenters. The molecular weight excluding hydrogens is 446 g/mol. The molecule has 11 heteroatoms. The van der Waals surface area contributed by atoms with Gasteiger partial charge >= 0.3 is 11.9 Å². The number of azide groups is 1. The maximum Gasteiger partial charge on any atom is 0.335 e. The number of benzene rings is 1. The highest BCUT2D eigenvalue weighted by Crippen LogP contribution is 2.55. The van der Waals surface area contributed by atoms with Gasteiger partial charge in [0.25, 0.3) is 0 Å². The number of aryl methyl sites for hydroxylation is 1. The van der Waals surface area contributed by atoms with Gasteiger partial charge in [-0.3, -0.25) is 0 Å². The minimum Gasteiger partial charge on any atom is -0.493 e. The van der Waals surface area contributed by atoms with E-state index < -0.39 is 23.6 Å². The molecular formula is C23H27N3O8. The molecule has 0 radical (unpaired) electrons. The van der Waals surface area contributed by atoms with Crippen LogP contribution in [0.5, 0.6) is 17.2 Å². The monoisotopic (exact) mass is 473 g/mol. The number of carbonyl (C=O) groups excluding carboxylic acids is 2. The van der Waals surface area contributed by atoms with Crippen LogP contribution in [0, 0.1) is 5.92 Å². The summed E-state index contributed by atoms with van der Waals surface area (Å²) in [5, 5.41) is 4.01. The zero-order valence-electron chi connectivity index (χ0n) is 20.0. The Morgan fingerprint density at radius 2 is 1.71 bits per heavy atom. The average molecular weight is 473 g/mol. The average Bonchev–Trinajstić information content (AvgIpc) is 3.01. The highest BCUT2D eigenvalue weighted by Gasteiger charge is 2.51. The van der Waals surface area contributed by atoms with Crippen molar-refractivity contribution in [3.8, 4) is 17.2 Å². The number of rotatable bonds is 7. The highest BCUT2D eigenvalue weighted by molar-refractivity contribution is 6.05. The molecule has 0 saturated heterocycles. The van der Waals surface area contributed by atoms with E-state index in [1.807, 2.05) is 6.07 Å². The molecule has 2 aliphatic carbocycles. The Hall–Kier alpha value is -3.69. The van der Waals surface area contributed by atoms with Gasteiger partial charge in [-0.1, -0.05) is 11.2 Å². The van der Waals surface area contributed by atoms with E-state index in [0.717, 1.165) is 5.56 Å². The van der Waals surface area contributed by atoms with E-state index in [4.69, 9.17) is 28.4 Å². The van der Waals surface area contributed by atoms with Crippen molar-refractivity contribution in [1.82, 2.24) is 0 Å². The molecule has 0 spiro atoms. The summed E-state index contributed by atoms with van der Waals surface area (Å²) in [5.41, 5.74) is 10.0. The molecule has 2 atom stereocenters. The number of ether oxygens (including phenoxy) is 6. The first-order chi connectivity index (χ1) is 16.4. The molecule has 34 heavy (non-hydrogen) atoms. The molecule has 3 rings (SSSR count). The van der Waals surface area contributed by atoms with E-state index in [0.29, 0.717) is 34.8 Å². The van der Waals surface area contributed by atoms with E-state index in [1.54, 1.807) is 6.08 Å². The largest absolute Gasteiger partial charge is 0.493 e. The van der Waals surface area contributed by atoms with Gasteiger partial charge in [-0.25, -0.2) is 9.59 Å². The molecule has 1 aromatic rings. The third-order valence-corrected chi connectivity index (χ3v) is 6.26. The van der Waals surface area contributed by atoms with Gasteiger partial charge in [0.1, 0.15) is 0 Å². The van der Waals surface area contributed by atoms with E-state index in [2.05, 4.69) is 10.0 Å². The van der Waals surface area contributed by atoms with Gasteiger partial charge in [-0.15, -0.1) is 0 Å². The Balaban J connectivity index is 2.46. The fourth-order valence-electron chi connectivity index (χ4n) is 4.77. The molecule has 0 aromatic heterocycles. The number of nitrogens with zero attached hydrogens (tertiary/aromatic N) is 3. The predicted octanol–water partition coefficient (Wildman–Crippen LogP) is 3.36. The van der Waals surface area contributed by atoms with Crippen LogP contribution in [0.4, 0.5) is 0 Å². The first-order valence-electron chi connectivity index (χ1n) is 10.4. The lowest BCUT2D eigenvalue weighted by Gasteiger charge is -2.39. The molecule has 11 nitrogen and oxygen atoms in total. The van der Waals surface area contributed by atoms with Crippen LogP contribution < -0.4 is 14.2 Å². The SMILES string of the molecule is COC(=O)C1=C(C(=O)OC)[C@@H]2C(=CC1)c1c(cc(OC)c(OC)c1OC)CC[C@]2(N=[N+]=[N-])OC. The van der Waals surface area contributed by atoms with Gasteiger partial charge in [-0.2, -0.15) is 0 Å². The number of hydrogen-bond acceptors (Lipinski definition) is 9. The normalized spacial score (nSPS) is 21.1. The maximum absolute atomic E-state index is 13.1. The molecule has 0 N–H and O–H groups in total. The smallest absolute Gasteiger partial charge is 0.335 e. The van der Waals surface area contributed by atoms with Crippen LogP contribution in [0.25, 0.3) is 16.0 Å². The molecule has 0 aliphatic heterocycles. The van der Waals surface area contributed by atoms with Crippen molar-refractivity contribution < 1.29 is 38.0 Å². The third-order valence-electron chi connectivity index (χ3n) is 6.26. The Kier molecular flexibility index (Phi) is 7.38. The second kappa shape index (κ2) is 10.1. The third kappa shape index (κ3) is 3.82. The summed E-state index contributed by atoms with van der Waals surface area (Å²) < 4.78 is 32.6. The number of carbonyl (C=O) groups is 2. The van der Waals surface area contributed by atoms with Crippen molar-refractivity contribution in [1.29, 1.82) is 0 Å². The molecule has 1 aromatic carbocycles. The van der Waals surface area contributed by atoms with Crippen molar-refractivity contribution in [2.75, 3.05) is 42.7 Å². The summed E-state index contributed by atoms with van der Waals surface area (Å²) in [5.74, 6) is -1.24. The highest BCUT2D eigenvalue weighted by atomic mass is 16.5. The van der Waals surface area contributed by atoms with E-state index in [1.165, 1.54) is 42.7 Å². The van der Waals surface area contributed by atoms with E-state index in [-0.39, 0.29) is 24.0 Å². The molecule has 0 heterocycles. The van der Waals surface area contributed by atoms with Crippen molar-refractivity contribution in [3.63, 3.8) is 0 Å². The summed E-state index contributed by atoms with van der Waals surface area (Å²) in [6, 6.07) is 1.81. The van der Waals surface area contributed by atoms with Crippen LogP contribution in [0.3, 0.4) is 0 Å². The predicted molar refractivity (Wildman–Crippen MR) is 120 cm³/mol. The first-order valence-corrected chi connectivity index (χ1v) is 10.4. The molecule has 0 fully saturated rings. The lowest BCUT2D eigenvalue weighted by Crippen LogP contribution is -2.43. The van der Waals surface area contributed by atoms with Gasteiger partial charge in [0, 0.05) is 17.6 Å². The van der Waals surface area contributed by atoms with Crippen LogP contribution in [-0.2, 0) is 30.2 Å². The summed E-state index contributed by atoms with van der Waals surface area (Å²) in [7, 11) is 8.33. The van der Waals surface area contributed by atoms with Crippen molar-refractivity contribution in [2.45, 2.75) is 25.0 Å². The Bertz CT molecular complexity index is 1120. The molecule has 2 aliphatic rings. The summed E-state index contributed by atoms with van der Waals surface area (Å²) >= 11 is 0. The molecule has 0 bridgehead atoms. The van der Waals surface area contributed by atoms with Crippen molar-refractivity contribution in [3.05, 3.63) is 44.9 Å². The van der Waals surface area contributed by atoms with Gasteiger partial charge in [0.15, 0.2) is 17.2 Å². The van der Waals surface area contributed by atoms with Crippen LogP contribution in [0.1, 0.15) is 24.0 Å².